The van der Waals surface area contributed by atoms with Gasteiger partial charge < -0.3 is 9.80 Å². The first kappa shape index (κ1) is 19.0. The summed E-state index contributed by atoms with van der Waals surface area (Å²) in [7, 11) is 2.22. The lowest BCUT2D eigenvalue weighted by molar-refractivity contribution is 0.110. The molecule has 2 aliphatic rings. The largest absolute Gasteiger partial charge is 0.306 e. The second-order valence-corrected chi connectivity index (χ2v) is 8.22. The zero-order valence-electron chi connectivity index (χ0n) is 15.7. The van der Waals surface area contributed by atoms with Crippen LogP contribution in [0.2, 0.25) is 0 Å². The lowest BCUT2D eigenvalue weighted by Crippen LogP contribution is -2.42. The van der Waals surface area contributed by atoms with E-state index in [9.17, 15) is 0 Å². The maximum absolute atomic E-state index is 2.59. The second kappa shape index (κ2) is 9.15. The first-order valence-corrected chi connectivity index (χ1v) is 9.23. The number of piperidine rings is 2. The third-order valence-corrected chi connectivity index (χ3v) is 5.80. The summed E-state index contributed by atoms with van der Waals surface area (Å²) in [5.74, 6) is 3.72. The number of hydrogen-bond donors (Lipinski definition) is 0. The van der Waals surface area contributed by atoms with E-state index in [1.54, 1.807) is 0 Å². The van der Waals surface area contributed by atoms with E-state index in [2.05, 4.69) is 58.4 Å². The van der Waals surface area contributed by atoms with E-state index in [1.807, 2.05) is 0 Å². The molecule has 0 aliphatic carbocycles. The highest BCUT2D eigenvalue weighted by molar-refractivity contribution is 4.76. The van der Waals surface area contributed by atoms with Gasteiger partial charge >= 0.3 is 0 Å². The molecule has 0 spiro atoms. The molecule has 2 heterocycles. The molecule has 2 nitrogen and oxygen atoms in total. The van der Waals surface area contributed by atoms with Gasteiger partial charge in [0, 0.05) is 12.6 Å². The van der Waals surface area contributed by atoms with Crippen LogP contribution in [-0.2, 0) is 0 Å². The van der Waals surface area contributed by atoms with Crippen molar-refractivity contribution in [3.8, 4) is 0 Å². The van der Waals surface area contributed by atoms with E-state index >= 15 is 0 Å². The molecule has 2 heteroatoms. The highest BCUT2D eigenvalue weighted by atomic mass is 15.2. The zero-order valence-corrected chi connectivity index (χ0v) is 15.7. The summed E-state index contributed by atoms with van der Waals surface area (Å²) in [6, 6.07) is 0.741. The summed E-state index contributed by atoms with van der Waals surface area (Å²) >= 11 is 0. The molecular weight excluding hydrogens is 256 g/mol. The minimum atomic E-state index is 0.741. The van der Waals surface area contributed by atoms with Gasteiger partial charge in [0.05, 0.1) is 0 Å². The molecule has 2 saturated heterocycles. The molecule has 0 amide bonds. The van der Waals surface area contributed by atoms with Crippen molar-refractivity contribution in [1.82, 2.24) is 9.80 Å². The average Bonchev–Trinajstić information content (AvgIpc) is 2.43. The Labute approximate surface area is 134 Å². The van der Waals surface area contributed by atoms with E-state index in [0.29, 0.717) is 0 Å². The quantitative estimate of drug-likeness (QED) is 0.747. The first-order valence-electron chi connectivity index (χ1n) is 9.23. The second-order valence-electron chi connectivity index (χ2n) is 8.22. The third-order valence-electron chi connectivity index (χ3n) is 5.80. The van der Waals surface area contributed by atoms with Crippen LogP contribution >= 0.6 is 0 Å². The highest BCUT2D eigenvalue weighted by Crippen LogP contribution is 2.24. The van der Waals surface area contributed by atoms with Gasteiger partial charge in [-0.15, -0.1) is 0 Å². The molecule has 0 aromatic rings. The predicted octanol–water partition coefficient (Wildman–Crippen LogP) is 4.36. The Hall–Kier alpha value is -0.0800. The van der Waals surface area contributed by atoms with Crippen molar-refractivity contribution in [3.63, 3.8) is 0 Å². The summed E-state index contributed by atoms with van der Waals surface area (Å²) in [4.78, 5) is 5.02. The minimum absolute atomic E-state index is 0.741. The molecule has 2 fully saturated rings. The number of rotatable bonds is 2. The van der Waals surface area contributed by atoms with E-state index in [-0.39, 0.29) is 0 Å². The molecule has 2 aliphatic heterocycles. The van der Waals surface area contributed by atoms with E-state index in [4.69, 9.17) is 0 Å². The summed E-state index contributed by atoms with van der Waals surface area (Å²) in [5.41, 5.74) is 0. The Morgan fingerprint density at radius 3 is 1.81 bits per heavy atom. The highest BCUT2D eigenvalue weighted by Gasteiger charge is 2.23. The maximum Gasteiger partial charge on any atom is 0.00387 e. The van der Waals surface area contributed by atoms with Crippen LogP contribution in [0, 0.1) is 23.7 Å². The number of nitrogens with zero attached hydrogens (tertiary/aromatic N) is 2. The van der Waals surface area contributed by atoms with Crippen LogP contribution in [0.3, 0.4) is 0 Å². The molecule has 0 aromatic carbocycles. The fourth-order valence-corrected chi connectivity index (χ4v) is 3.46. The Balaban J connectivity index is 0.000000211. The fourth-order valence-electron chi connectivity index (χ4n) is 3.46. The molecule has 0 saturated carbocycles. The van der Waals surface area contributed by atoms with Crippen molar-refractivity contribution in [2.24, 2.45) is 23.7 Å². The Morgan fingerprint density at radius 1 is 0.810 bits per heavy atom. The van der Waals surface area contributed by atoms with Gasteiger partial charge in [-0.1, -0.05) is 27.7 Å². The summed E-state index contributed by atoms with van der Waals surface area (Å²) in [5, 5.41) is 0. The van der Waals surface area contributed by atoms with Gasteiger partial charge in [0.1, 0.15) is 0 Å². The van der Waals surface area contributed by atoms with Crippen molar-refractivity contribution in [2.75, 3.05) is 33.2 Å². The monoisotopic (exact) mass is 296 g/mol. The van der Waals surface area contributed by atoms with E-state index in [0.717, 1.165) is 29.7 Å². The van der Waals surface area contributed by atoms with Gasteiger partial charge in [0.15, 0.2) is 0 Å². The van der Waals surface area contributed by atoms with Crippen LogP contribution in [0.5, 0.6) is 0 Å². The smallest absolute Gasteiger partial charge is 0.00387 e. The zero-order chi connectivity index (χ0) is 16.0. The van der Waals surface area contributed by atoms with Crippen molar-refractivity contribution in [3.05, 3.63) is 0 Å². The average molecular weight is 297 g/mol. The molecule has 0 aromatic heterocycles. The predicted molar refractivity (Wildman–Crippen MR) is 94.7 cm³/mol. The Morgan fingerprint density at radius 2 is 1.38 bits per heavy atom. The van der Waals surface area contributed by atoms with Crippen LogP contribution < -0.4 is 0 Å². The molecule has 0 radical (unpaired) electrons. The van der Waals surface area contributed by atoms with Crippen LogP contribution in [0.15, 0.2) is 0 Å². The Bertz CT molecular complexity index is 267. The third kappa shape index (κ3) is 6.69. The maximum atomic E-state index is 2.59. The first-order chi connectivity index (χ1) is 9.81. The number of likely N-dealkylation sites (tertiary alicyclic amines) is 2. The lowest BCUT2D eigenvalue weighted by Gasteiger charge is -2.37. The van der Waals surface area contributed by atoms with Gasteiger partial charge in [-0.3, -0.25) is 0 Å². The van der Waals surface area contributed by atoms with Gasteiger partial charge in [-0.05, 0) is 83.5 Å². The van der Waals surface area contributed by atoms with E-state index in [1.165, 1.54) is 45.4 Å². The summed E-state index contributed by atoms with van der Waals surface area (Å²) in [6.45, 7) is 19.3. The molecule has 21 heavy (non-hydrogen) atoms. The van der Waals surface area contributed by atoms with Crippen LogP contribution in [0.25, 0.3) is 0 Å². The molecule has 2 unspecified atom stereocenters. The topological polar surface area (TPSA) is 6.48 Å². The van der Waals surface area contributed by atoms with Crippen LogP contribution in [0.1, 0.15) is 60.8 Å². The van der Waals surface area contributed by atoms with Gasteiger partial charge in [-0.2, -0.15) is 0 Å². The van der Waals surface area contributed by atoms with Crippen LogP contribution in [-0.4, -0.2) is 49.1 Å². The van der Waals surface area contributed by atoms with Crippen molar-refractivity contribution < 1.29 is 0 Å². The minimum Gasteiger partial charge on any atom is -0.306 e. The normalized spacial score (nSPS) is 29.6. The van der Waals surface area contributed by atoms with Gasteiger partial charge in [-0.25, -0.2) is 0 Å². The lowest BCUT2D eigenvalue weighted by atomic mass is 9.87. The molecular formula is C19H40N2. The standard InChI is InChI=1S/C10H21N.C9H19N/c1-8(2)11-6-5-9(3)10(4)7-11;1-8(2)9-4-6-10(3)7-5-9/h8-10H,5-7H2,1-4H3;8-9H,4-7H2,1-3H3. The molecule has 2 rings (SSSR count). The molecule has 0 N–H and O–H groups in total. The summed E-state index contributed by atoms with van der Waals surface area (Å²) in [6.07, 6.45) is 4.21. The van der Waals surface area contributed by atoms with Crippen molar-refractivity contribution in [1.29, 1.82) is 0 Å². The van der Waals surface area contributed by atoms with Gasteiger partial charge in [0.25, 0.3) is 0 Å². The van der Waals surface area contributed by atoms with Crippen LogP contribution in [0.4, 0.5) is 0 Å². The van der Waals surface area contributed by atoms with Gasteiger partial charge in [0.2, 0.25) is 0 Å². The molecule has 0 bridgehead atoms. The number of hydrogen-bond acceptors (Lipinski definition) is 2. The summed E-state index contributed by atoms with van der Waals surface area (Å²) < 4.78 is 0. The van der Waals surface area contributed by atoms with Crippen molar-refractivity contribution >= 4 is 0 Å². The molecule has 2 atom stereocenters. The SMILES string of the molecule is CC(C)C1CCN(C)CC1.CC1CCN(C(C)C)CC1C. The van der Waals surface area contributed by atoms with Crippen molar-refractivity contribution in [2.45, 2.75) is 66.8 Å². The Kier molecular flexibility index (Phi) is 8.26. The van der Waals surface area contributed by atoms with E-state index < -0.39 is 0 Å². The fraction of sp³-hybridized carbons (Fsp3) is 1.00. The molecule has 126 valence electrons.